The van der Waals surface area contributed by atoms with Gasteiger partial charge in [0.15, 0.2) is 0 Å². The topological polar surface area (TPSA) is 52.7 Å². The van der Waals surface area contributed by atoms with E-state index >= 15 is 0 Å². The van der Waals surface area contributed by atoms with Crippen molar-refractivity contribution in [3.8, 4) is 0 Å². The second-order valence-corrected chi connectivity index (χ2v) is 8.97. The minimum Gasteiger partial charge on any atom is -0.369 e. The monoisotopic (exact) mass is 385 g/mol. The zero-order valence-electron chi connectivity index (χ0n) is 13.1. The number of hydrogen-bond acceptors (Lipinski definition) is 5. The number of sulfonamides is 1. The Morgan fingerprint density at radius 2 is 1.83 bits per heavy atom. The van der Waals surface area contributed by atoms with E-state index in [1.54, 1.807) is 16.4 Å². The molecule has 0 bridgehead atoms. The summed E-state index contributed by atoms with van der Waals surface area (Å²) in [6.45, 7) is 4.81. The number of fused-ring (bicyclic) bond motifs is 1. The number of anilines is 1. The van der Waals surface area contributed by atoms with Gasteiger partial charge in [-0.05, 0) is 28.6 Å². The fourth-order valence-electron chi connectivity index (χ4n) is 3.28. The molecule has 0 amide bonds. The Kier molecular flexibility index (Phi) is 5.17. The summed E-state index contributed by atoms with van der Waals surface area (Å²) in [4.78, 5) is 2.36. The average molecular weight is 386 g/mol. The molecule has 1 aromatic carbocycles. The van der Waals surface area contributed by atoms with E-state index in [-0.39, 0.29) is 12.4 Å². The SMILES string of the molecule is Cl.O=S(=O)(c1cccs1)N1Cc2cccc(N3CCNCC3)c2C1. The second-order valence-electron chi connectivity index (χ2n) is 5.86. The van der Waals surface area contributed by atoms with Crippen molar-refractivity contribution in [3.63, 3.8) is 0 Å². The van der Waals surface area contributed by atoms with Gasteiger partial charge in [0.25, 0.3) is 10.0 Å². The third kappa shape index (κ3) is 3.07. The lowest BCUT2D eigenvalue weighted by atomic mass is 10.1. The van der Waals surface area contributed by atoms with Gasteiger partial charge in [0, 0.05) is 45.0 Å². The van der Waals surface area contributed by atoms with Gasteiger partial charge >= 0.3 is 0 Å². The lowest BCUT2D eigenvalue weighted by Crippen LogP contribution is -2.43. The molecule has 5 nitrogen and oxygen atoms in total. The third-order valence-electron chi connectivity index (χ3n) is 4.48. The molecule has 4 rings (SSSR count). The van der Waals surface area contributed by atoms with Crippen molar-refractivity contribution >= 4 is 39.5 Å². The van der Waals surface area contributed by atoms with E-state index in [9.17, 15) is 8.42 Å². The molecule has 0 radical (unpaired) electrons. The minimum atomic E-state index is -3.39. The predicted molar refractivity (Wildman–Crippen MR) is 99.5 cm³/mol. The summed E-state index contributed by atoms with van der Waals surface area (Å²) < 4.78 is 27.5. The second kappa shape index (κ2) is 7.01. The molecule has 1 N–H and O–H groups in total. The predicted octanol–water partition coefficient (Wildman–Crippen LogP) is 2.28. The van der Waals surface area contributed by atoms with E-state index < -0.39 is 10.0 Å². The summed E-state index contributed by atoms with van der Waals surface area (Å²) in [6, 6.07) is 9.67. The van der Waals surface area contributed by atoms with Gasteiger partial charge in [-0.15, -0.1) is 23.7 Å². The first-order valence-electron chi connectivity index (χ1n) is 7.76. The molecule has 130 valence electrons. The molecule has 3 heterocycles. The average Bonchev–Trinajstić information content (AvgIpc) is 3.25. The number of rotatable bonds is 3. The smallest absolute Gasteiger partial charge is 0.253 e. The molecular weight excluding hydrogens is 366 g/mol. The zero-order valence-corrected chi connectivity index (χ0v) is 15.6. The first kappa shape index (κ1) is 17.7. The molecule has 8 heteroatoms. The number of halogens is 1. The summed E-state index contributed by atoms with van der Waals surface area (Å²) in [6.07, 6.45) is 0. The van der Waals surface area contributed by atoms with Crippen LogP contribution in [0.1, 0.15) is 11.1 Å². The number of hydrogen-bond donors (Lipinski definition) is 1. The van der Waals surface area contributed by atoms with Gasteiger partial charge in [0.1, 0.15) is 4.21 Å². The zero-order chi connectivity index (χ0) is 15.9. The van der Waals surface area contributed by atoms with Crippen LogP contribution in [0.3, 0.4) is 0 Å². The van der Waals surface area contributed by atoms with Crippen LogP contribution in [0.2, 0.25) is 0 Å². The van der Waals surface area contributed by atoms with Crippen LogP contribution in [0.15, 0.2) is 39.9 Å². The minimum absolute atomic E-state index is 0. The molecule has 2 aromatic rings. The summed E-state index contributed by atoms with van der Waals surface area (Å²) in [7, 11) is -3.39. The first-order chi connectivity index (χ1) is 11.2. The molecule has 0 unspecified atom stereocenters. The van der Waals surface area contributed by atoms with Gasteiger partial charge in [-0.2, -0.15) is 4.31 Å². The molecule has 0 saturated carbocycles. The number of thiophene rings is 1. The van der Waals surface area contributed by atoms with Gasteiger partial charge in [-0.1, -0.05) is 18.2 Å². The molecule has 0 aliphatic carbocycles. The Morgan fingerprint density at radius 1 is 1.04 bits per heavy atom. The van der Waals surface area contributed by atoms with E-state index in [1.807, 2.05) is 17.5 Å². The maximum atomic E-state index is 12.8. The van der Waals surface area contributed by atoms with Crippen molar-refractivity contribution in [2.24, 2.45) is 0 Å². The maximum Gasteiger partial charge on any atom is 0.253 e. The Bertz CT molecular complexity index is 803. The summed E-state index contributed by atoms with van der Waals surface area (Å²) >= 11 is 1.28. The molecule has 1 saturated heterocycles. The Morgan fingerprint density at radius 3 is 2.54 bits per heavy atom. The number of nitrogens with zero attached hydrogens (tertiary/aromatic N) is 2. The van der Waals surface area contributed by atoms with Crippen LogP contribution in [-0.4, -0.2) is 38.9 Å². The van der Waals surface area contributed by atoms with Gasteiger partial charge in [-0.25, -0.2) is 8.42 Å². The maximum absolute atomic E-state index is 12.8. The lowest BCUT2D eigenvalue weighted by Gasteiger charge is -2.31. The highest BCUT2D eigenvalue weighted by molar-refractivity contribution is 7.91. The number of nitrogens with one attached hydrogen (secondary N) is 1. The number of piperazine rings is 1. The van der Waals surface area contributed by atoms with E-state index in [0.29, 0.717) is 17.3 Å². The van der Waals surface area contributed by atoms with Gasteiger partial charge in [0.2, 0.25) is 0 Å². The van der Waals surface area contributed by atoms with Crippen molar-refractivity contribution in [1.82, 2.24) is 9.62 Å². The van der Waals surface area contributed by atoms with Gasteiger partial charge in [-0.3, -0.25) is 0 Å². The Hall–Kier alpha value is -1.12. The van der Waals surface area contributed by atoms with Crippen LogP contribution < -0.4 is 10.2 Å². The van der Waals surface area contributed by atoms with Gasteiger partial charge in [0.05, 0.1) is 0 Å². The van der Waals surface area contributed by atoms with Crippen LogP contribution in [0.4, 0.5) is 5.69 Å². The Labute approximate surface area is 152 Å². The van der Waals surface area contributed by atoms with Crippen molar-refractivity contribution < 1.29 is 8.42 Å². The summed E-state index contributed by atoms with van der Waals surface area (Å²) in [5.41, 5.74) is 3.48. The van der Waals surface area contributed by atoms with Crippen LogP contribution in [0.5, 0.6) is 0 Å². The fraction of sp³-hybridized carbons (Fsp3) is 0.375. The molecule has 2 aliphatic heterocycles. The summed E-state index contributed by atoms with van der Waals surface area (Å²) in [5, 5.41) is 5.16. The lowest BCUT2D eigenvalue weighted by molar-refractivity contribution is 0.433. The van der Waals surface area contributed by atoms with Crippen LogP contribution >= 0.6 is 23.7 Å². The molecule has 2 aliphatic rings. The fourth-order valence-corrected chi connectivity index (χ4v) is 5.81. The highest BCUT2D eigenvalue weighted by Gasteiger charge is 2.33. The first-order valence-corrected chi connectivity index (χ1v) is 10.1. The molecule has 0 atom stereocenters. The van der Waals surface area contributed by atoms with Crippen LogP contribution in [0.25, 0.3) is 0 Å². The molecular formula is C16H20ClN3O2S2. The van der Waals surface area contributed by atoms with Gasteiger partial charge < -0.3 is 10.2 Å². The number of benzene rings is 1. The third-order valence-corrected chi connectivity index (χ3v) is 7.64. The quantitative estimate of drug-likeness (QED) is 0.880. The van der Waals surface area contributed by atoms with Crippen molar-refractivity contribution in [3.05, 3.63) is 46.8 Å². The van der Waals surface area contributed by atoms with E-state index in [4.69, 9.17) is 0 Å². The largest absolute Gasteiger partial charge is 0.369 e. The van der Waals surface area contributed by atoms with E-state index in [1.165, 1.54) is 17.0 Å². The standard InChI is InChI=1S/C16H19N3O2S2.ClH/c20-23(21,16-5-2-10-22-16)19-11-13-3-1-4-15(14(13)12-19)18-8-6-17-7-9-18;/h1-5,10,17H,6-9,11-12H2;1H. The van der Waals surface area contributed by atoms with E-state index in [2.05, 4.69) is 16.3 Å². The van der Waals surface area contributed by atoms with Crippen molar-refractivity contribution in [2.75, 3.05) is 31.1 Å². The Balaban J connectivity index is 0.00000169. The van der Waals surface area contributed by atoms with Crippen molar-refractivity contribution in [1.29, 1.82) is 0 Å². The van der Waals surface area contributed by atoms with Crippen LogP contribution in [0, 0.1) is 0 Å². The van der Waals surface area contributed by atoms with Crippen molar-refractivity contribution in [2.45, 2.75) is 17.3 Å². The van der Waals surface area contributed by atoms with E-state index in [0.717, 1.165) is 37.3 Å². The molecule has 24 heavy (non-hydrogen) atoms. The molecule has 1 aromatic heterocycles. The van der Waals surface area contributed by atoms with Crippen LogP contribution in [-0.2, 0) is 23.1 Å². The highest BCUT2D eigenvalue weighted by atomic mass is 35.5. The highest BCUT2D eigenvalue weighted by Crippen LogP contribution is 2.35. The normalized spacial score (nSPS) is 18.2. The summed E-state index contributed by atoms with van der Waals surface area (Å²) in [5.74, 6) is 0. The molecule has 1 fully saturated rings. The molecule has 0 spiro atoms.